The summed E-state index contributed by atoms with van der Waals surface area (Å²) in [6.45, 7) is 3.89. The Hall–Kier alpha value is -1.40. The number of carbonyl (C=O) groups is 1. The van der Waals surface area contributed by atoms with Crippen molar-refractivity contribution in [1.29, 1.82) is 0 Å². The van der Waals surface area contributed by atoms with Crippen LogP contribution in [0.5, 0.6) is 0 Å². The van der Waals surface area contributed by atoms with Crippen molar-refractivity contribution in [3.63, 3.8) is 0 Å². The Balaban J connectivity index is 2.61. The molecule has 1 rings (SSSR count). The monoisotopic (exact) mass is 222 g/mol. The number of amides is 1. The molecule has 0 aliphatic heterocycles. The van der Waals surface area contributed by atoms with E-state index in [1.807, 2.05) is 0 Å². The summed E-state index contributed by atoms with van der Waals surface area (Å²) in [4.78, 5) is 15.3. The molecule has 0 saturated heterocycles. The molecule has 6 heteroatoms. The zero-order valence-corrected chi connectivity index (χ0v) is 9.34. The molecule has 0 aliphatic rings. The molecule has 1 heterocycles. The van der Waals surface area contributed by atoms with Gasteiger partial charge in [0.15, 0.2) is 0 Å². The summed E-state index contributed by atoms with van der Waals surface area (Å²) in [5, 5.41) is 20.5. The number of nitrogens with one attached hydrogen (secondary N) is 1. The maximum atomic E-state index is 11.3. The Morgan fingerprint density at radius 3 is 2.75 bits per heavy atom. The van der Waals surface area contributed by atoms with Gasteiger partial charge in [0.25, 0.3) is 0 Å². The summed E-state index contributed by atoms with van der Waals surface area (Å²) in [6.07, 6.45) is 0. The van der Waals surface area contributed by atoms with Crippen LogP contribution in [0, 0.1) is 5.92 Å². The van der Waals surface area contributed by atoms with Crippen LogP contribution in [0.3, 0.4) is 0 Å². The van der Waals surface area contributed by atoms with Gasteiger partial charge in [-0.1, -0.05) is 19.9 Å². The van der Waals surface area contributed by atoms with Gasteiger partial charge in [0.05, 0.1) is 17.8 Å². The Bertz CT molecular complexity index is 369. The van der Waals surface area contributed by atoms with Gasteiger partial charge >= 0.3 is 7.12 Å². The Kier molecular flexibility index (Phi) is 4.45. The van der Waals surface area contributed by atoms with E-state index in [1.165, 1.54) is 6.07 Å². The highest BCUT2D eigenvalue weighted by Crippen LogP contribution is 1.95. The predicted molar refractivity (Wildman–Crippen MR) is 60.7 cm³/mol. The van der Waals surface area contributed by atoms with Gasteiger partial charge in [-0.05, 0) is 12.1 Å². The lowest BCUT2D eigenvalue weighted by Crippen LogP contribution is -2.34. The van der Waals surface area contributed by atoms with E-state index >= 15 is 0 Å². The molecule has 0 spiro atoms. The molecule has 0 fully saturated rings. The Morgan fingerprint density at radius 1 is 1.50 bits per heavy atom. The van der Waals surface area contributed by atoms with Gasteiger partial charge in [-0.15, -0.1) is 0 Å². The van der Waals surface area contributed by atoms with E-state index in [9.17, 15) is 4.79 Å². The molecular weight excluding hydrogens is 207 g/mol. The highest BCUT2D eigenvalue weighted by atomic mass is 16.4. The van der Waals surface area contributed by atoms with Crippen molar-refractivity contribution in [2.75, 3.05) is 0 Å². The summed E-state index contributed by atoms with van der Waals surface area (Å²) in [5.74, 6) is -0.136. The molecule has 16 heavy (non-hydrogen) atoms. The van der Waals surface area contributed by atoms with Gasteiger partial charge < -0.3 is 15.4 Å². The van der Waals surface area contributed by atoms with Crippen LogP contribution in [0.25, 0.3) is 0 Å². The summed E-state index contributed by atoms with van der Waals surface area (Å²) in [6, 6.07) is 4.89. The second-order valence-electron chi connectivity index (χ2n) is 3.80. The van der Waals surface area contributed by atoms with Crippen LogP contribution in [0.4, 0.5) is 0 Å². The zero-order chi connectivity index (χ0) is 12.1. The lowest BCUT2D eigenvalue weighted by atomic mass is 9.85. The molecule has 0 atom stereocenters. The van der Waals surface area contributed by atoms with E-state index in [2.05, 4.69) is 10.3 Å². The van der Waals surface area contributed by atoms with Crippen LogP contribution in [0.2, 0.25) is 0 Å². The molecule has 0 unspecified atom stereocenters. The van der Waals surface area contributed by atoms with Gasteiger partial charge in [0.2, 0.25) is 5.91 Å². The highest BCUT2D eigenvalue weighted by molar-refractivity contribution is 6.57. The smallest absolute Gasteiger partial charge is 0.422 e. The summed E-state index contributed by atoms with van der Waals surface area (Å²) in [7, 11) is -1.58. The zero-order valence-electron chi connectivity index (χ0n) is 9.34. The maximum Gasteiger partial charge on any atom is 0.508 e. The summed E-state index contributed by atoms with van der Waals surface area (Å²) < 4.78 is 0. The fraction of sp³-hybridized carbons (Fsp3) is 0.400. The highest BCUT2D eigenvalue weighted by Gasteiger charge is 2.13. The topological polar surface area (TPSA) is 82.5 Å². The van der Waals surface area contributed by atoms with Crippen LogP contribution in [0.15, 0.2) is 18.2 Å². The normalized spacial score (nSPS) is 10.3. The van der Waals surface area contributed by atoms with E-state index in [1.54, 1.807) is 26.0 Å². The molecule has 86 valence electrons. The minimum Gasteiger partial charge on any atom is -0.422 e. The van der Waals surface area contributed by atoms with Crippen molar-refractivity contribution in [2.24, 2.45) is 5.92 Å². The Morgan fingerprint density at radius 2 is 2.19 bits per heavy atom. The lowest BCUT2D eigenvalue weighted by molar-refractivity contribution is -0.124. The first-order valence-electron chi connectivity index (χ1n) is 5.10. The Labute approximate surface area is 94.7 Å². The fourth-order valence-corrected chi connectivity index (χ4v) is 1.12. The first kappa shape index (κ1) is 12.7. The minimum atomic E-state index is -1.58. The van der Waals surface area contributed by atoms with Crippen LogP contribution in [0.1, 0.15) is 19.5 Å². The molecule has 0 bridgehead atoms. The first-order chi connectivity index (χ1) is 7.50. The van der Waals surface area contributed by atoms with Gasteiger partial charge in [-0.3, -0.25) is 9.78 Å². The van der Waals surface area contributed by atoms with E-state index in [0.717, 1.165) is 0 Å². The summed E-state index contributed by atoms with van der Waals surface area (Å²) >= 11 is 0. The lowest BCUT2D eigenvalue weighted by Gasteiger charge is -2.08. The SMILES string of the molecule is CC(C)C(=O)NCc1cccc(B(O)O)n1. The molecule has 0 radical (unpaired) electrons. The number of hydrogen-bond acceptors (Lipinski definition) is 4. The average Bonchev–Trinajstić information content (AvgIpc) is 2.26. The van der Waals surface area contributed by atoms with Crippen LogP contribution in [-0.4, -0.2) is 28.1 Å². The van der Waals surface area contributed by atoms with Crippen molar-refractivity contribution in [2.45, 2.75) is 20.4 Å². The standard InChI is InChI=1S/C10H15BN2O3/c1-7(2)10(14)12-6-8-4-3-5-9(13-8)11(15)16/h3-5,7,15-16H,6H2,1-2H3,(H,12,14). The predicted octanol–water partition coefficient (Wildman–Crippen LogP) is -0.966. The maximum absolute atomic E-state index is 11.3. The molecule has 5 nitrogen and oxygen atoms in total. The largest absolute Gasteiger partial charge is 0.508 e. The van der Waals surface area contributed by atoms with E-state index in [4.69, 9.17) is 10.0 Å². The summed E-state index contributed by atoms with van der Waals surface area (Å²) in [5.41, 5.74) is 0.774. The molecule has 0 aromatic carbocycles. The molecule has 1 amide bonds. The number of hydrogen-bond donors (Lipinski definition) is 3. The van der Waals surface area contributed by atoms with Gasteiger partial charge in [-0.25, -0.2) is 0 Å². The number of nitrogens with zero attached hydrogens (tertiary/aromatic N) is 1. The van der Waals surface area contributed by atoms with Crippen molar-refractivity contribution < 1.29 is 14.8 Å². The number of carbonyl (C=O) groups excluding carboxylic acids is 1. The van der Waals surface area contributed by atoms with Crippen molar-refractivity contribution in [1.82, 2.24) is 10.3 Å². The minimum absolute atomic E-state index is 0.0586. The van der Waals surface area contributed by atoms with Crippen molar-refractivity contribution in [3.8, 4) is 0 Å². The molecule has 1 aromatic rings. The van der Waals surface area contributed by atoms with Crippen LogP contribution >= 0.6 is 0 Å². The average molecular weight is 222 g/mol. The second-order valence-corrected chi connectivity index (χ2v) is 3.80. The molecule has 0 saturated carbocycles. The number of rotatable bonds is 4. The first-order valence-corrected chi connectivity index (χ1v) is 5.10. The fourth-order valence-electron chi connectivity index (χ4n) is 1.12. The van der Waals surface area contributed by atoms with Crippen molar-refractivity contribution >= 4 is 18.6 Å². The van der Waals surface area contributed by atoms with Crippen molar-refractivity contribution in [3.05, 3.63) is 23.9 Å². The van der Waals surface area contributed by atoms with E-state index in [0.29, 0.717) is 5.69 Å². The van der Waals surface area contributed by atoms with Gasteiger partial charge in [-0.2, -0.15) is 0 Å². The molecule has 3 N–H and O–H groups in total. The van der Waals surface area contributed by atoms with E-state index in [-0.39, 0.29) is 24.0 Å². The second kappa shape index (κ2) is 5.62. The van der Waals surface area contributed by atoms with E-state index < -0.39 is 7.12 Å². The number of aromatic nitrogens is 1. The third-order valence-electron chi connectivity index (χ3n) is 2.06. The molecular formula is C10H15BN2O3. The molecule has 1 aromatic heterocycles. The van der Waals surface area contributed by atoms with Crippen LogP contribution < -0.4 is 10.9 Å². The molecule has 0 aliphatic carbocycles. The van der Waals surface area contributed by atoms with Crippen LogP contribution in [-0.2, 0) is 11.3 Å². The quantitative estimate of drug-likeness (QED) is 0.572. The van der Waals surface area contributed by atoms with Gasteiger partial charge in [0.1, 0.15) is 0 Å². The third kappa shape index (κ3) is 3.64. The third-order valence-corrected chi connectivity index (χ3v) is 2.06. The number of pyridine rings is 1. The van der Waals surface area contributed by atoms with Gasteiger partial charge in [0, 0.05) is 5.92 Å².